The van der Waals surface area contributed by atoms with Crippen LogP contribution in [0.4, 0.5) is 0 Å². The second-order valence-corrected chi connectivity index (χ2v) is 37.8. The summed E-state index contributed by atoms with van der Waals surface area (Å²) in [5.74, 6) is 0. The van der Waals surface area contributed by atoms with Crippen LogP contribution < -0.4 is 0 Å². The molecule has 46 heavy (non-hydrogen) atoms. The van der Waals surface area contributed by atoms with Crippen molar-refractivity contribution in [2.75, 3.05) is 0 Å². The first-order valence-electron chi connectivity index (χ1n) is 16.0. The van der Waals surface area contributed by atoms with E-state index in [2.05, 4.69) is 184 Å². The predicted molar refractivity (Wildman–Crippen MR) is 206 cm³/mol. The van der Waals surface area contributed by atoms with Crippen LogP contribution in [0.5, 0.6) is 0 Å². The maximum absolute atomic E-state index is 8.75. The molecule has 4 aromatic rings. The Morgan fingerprint density at radius 1 is 0.609 bits per heavy atom. The molecule has 0 amide bonds. The van der Waals surface area contributed by atoms with Crippen molar-refractivity contribution in [1.29, 1.82) is 0 Å². The van der Waals surface area contributed by atoms with Crippen LogP contribution in [0.2, 0.25) is 3.63 Å². The van der Waals surface area contributed by atoms with Gasteiger partial charge in [0.1, 0.15) is 0 Å². The summed E-state index contributed by atoms with van der Waals surface area (Å²) in [6, 6.07) is 26.9. The molecule has 0 atom stereocenters. The van der Waals surface area contributed by atoms with Gasteiger partial charge in [-0.25, -0.2) is 0 Å². The molecule has 2 aliphatic carbocycles. The third kappa shape index (κ3) is 5.73. The van der Waals surface area contributed by atoms with Gasteiger partial charge in [-0.05, 0) is 0 Å². The molecule has 0 fully saturated rings. The molecule has 0 spiro atoms. The predicted octanol–water partition coefficient (Wildman–Crippen LogP) is 13.7. The Hall–Kier alpha value is -1.35. The number of benzene rings is 4. The Morgan fingerprint density at radius 2 is 0.978 bits per heavy atom. The zero-order chi connectivity index (χ0) is 33.4. The van der Waals surface area contributed by atoms with Crippen molar-refractivity contribution in [2.24, 2.45) is 0 Å². The van der Waals surface area contributed by atoms with E-state index in [-0.39, 0.29) is 18.1 Å². The summed E-state index contributed by atoms with van der Waals surface area (Å²) >= 11 is 1.93. The maximum atomic E-state index is 8.75. The van der Waals surface area contributed by atoms with Crippen LogP contribution in [-0.2, 0) is 26.7 Å². The SMILES string of the molecule is Cc1cc2c(cc1C(C)(C)C)-c1cc(C(C)(C)C)c(C)cc1[CH]2[Zr]([Cl])([Cl])(=[C](c1ccc(Br)cc1)c1ccc(Br)cc1)[CH]1C=CC=C1. The quantitative estimate of drug-likeness (QED) is 0.192. The number of aryl methyl sites for hydroxylation is 2. The average Bonchev–Trinajstić information content (AvgIpc) is 3.61. The van der Waals surface area contributed by atoms with Crippen molar-refractivity contribution >= 4 is 52.1 Å². The van der Waals surface area contributed by atoms with Crippen molar-refractivity contribution < 1.29 is 15.9 Å². The van der Waals surface area contributed by atoms with E-state index in [1.165, 1.54) is 44.5 Å². The molecule has 0 aliphatic heterocycles. The van der Waals surface area contributed by atoms with Gasteiger partial charge in [-0.2, -0.15) is 0 Å². The van der Waals surface area contributed by atoms with Crippen LogP contribution in [0.25, 0.3) is 11.1 Å². The Balaban J connectivity index is 1.85. The summed E-state index contributed by atoms with van der Waals surface area (Å²) in [6.07, 6.45) is 8.77. The van der Waals surface area contributed by atoms with E-state index in [9.17, 15) is 0 Å². The topological polar surface area (TPSA) is 0 Å². The second-order valence-electron chi connectivity index (χ2n) is 15.3. The van der Waals surface area contributed by atoms with Crippen LogP contribution in [0.1, 0.15) is 89.7 Å². The van der Waals surface area contributed by atoms with Crippen molar-refractivity contribution in [3.05, 3.63) is 151 Å². The van der Waals surface area contributed by atoms with E-state index in [0.717, 1.165) is 23.3 Å². The third-order valence-electron chi connectivity index (χ3n) is 9.95. The van der Waals surface area contributed by atoms with E-state index in [1.807, 2.05) is 0 Å². The normalized spacial score (nSPS) is 15.4. The molecule has 6 rings (SSSR count). The zero-order valence-corrected chi connectivity index (χ0v) is 35.0. The summed E-state index contributed by atoms with van der Waals surface area (Å²) in [4.78, 5) is 0. The minimum absolute atomic E-state index is 0.00204. The first-order valence-corrected chi connectivity index (χ1v) is 28.0. The van der Waals surface area contributed by atoms with E-state index >= 15 is 0 Å². The fourth-order valence-electron chi connectivity index (χ4n) is 8.00. The van der Waals surface area contributed by atoms with Crippen molar-refractivity contribution in [2.45, 2.75) is 73.5 Å². The van der Waals surface area contributed by atoms with Gasteiger partial charge in [0.2, 0.25) is 0 Å². The standard InChI is InChI=1S/C23H29.C13H8Br2.C5H5.2ClH.Zr/c1-14-9-16-11-17-10-15(2)21(23(6,7)8)13-19(17)18(16)12-20(14)22(3,4)5;14-12-5-1-10(2-6-12)9-11-3-7-13(15)8-4-11;1-2-4-5-3-1;;;/h9-13H,1-8H3;1-8H;1-5H;2*1H;/q;;;;;+2/p-2. The first kappa shape index (κ1) is 34.5. The third-order valence-corrected chi connectivity index (χ3v) is 30.7. The molecule has 0 aromatic heterocycles. The van der Waals surface area contributed by atoms with Gasteiger partial charge in [-0.15, -0.1) is 0 Å². The summed E-state index contributed by atoms with van der Waals surface area (Å²) in [6.45, 7) is 18.3. The molecule has 0 heterocycles. The number of allylic oxidation sites excluding steroid dienone is 4. The first-order chi connectivity index (χ1) is 21.4. The molecule has 0 radical (unpaired) electrons. The van der Waals surface area contributed by atoms with E-state index < -0.39 is 15.9 Å². The number of halogens is 4. The van der Waals surface area contributed by atoms with Crippen molar-refractivity contribution in [3.63, 3.8) is 0 Å². The molecular formula is C41H42Br2Cl2Zr. The summed E-state index contributed by atoms with van der Waals surface area (Å²) in [5, 5.41) is 0. The number of hydrogen-bond donors (Lipinski definition) is 0. The van der Waals surface area contributed by atoms with Crippen LogP contribution in [0.15, 0.2) is 106 Å². The fraction of sp³-hybridized carbons (Fsp3) is 0.293. The Kier molecular flexibility index (Phi) is 8.94. The zero-order valence-electron chi connectivity index (χ0n) is 27.9. The van der Waals surface area contributed by atoms with Gasteiger partial charge >= 0.3 is 303 Å². The number of hydrogen-bond acceptors (Lipinski definition) is 0. The second kappa shape index (κ2) is 11.9. The van der Waals surface area contributed by atoms with Crippen molar-refractivity contribution in [3.8, 4) is 11.1 Å². The molecule has 0 bridgehead atoms. The summed E-state index contributed by atoms with van der Waals surface area (Å²) in [7, 11) is 17.5. The van der Waals surface area contributed by atoms with Gasteiger partial charge in [0.25, 0.3) is 0 Å². The molecule has 0 unspecified atom stereocenters. The summed E-state index contributed by atoms with van der Waals surface area (Å²) < 4.78 is 2.90. The fourth-order valence-corrected chi connectivity index (χ4v) is 27.9. The van der Waals surface area contributed by atoms with Crippen LogP contribution in [-0.4, -0.2) is 3.21 Å². The molecule has 0 nitrogen and oxygen atoms in total. The molecule has 4 aromatic carbocycles. The van der Waals surface area contributed by atoms with E-state index in [1.54, 1.807) is 0 Å². The van der Waals surface area contributed by atoms with Gasteiger partial charge in [0.05, 0.1) is 0 Å². The Morgan fingerprint density at radius 3 is 1.33 bits per heavy atom. The monoisotopic (exact) mass is 852 g/mol. The van der Waals surface area contributed by atoms with Gasteiger partial charge in [0, 0.05) is 0 Å². The Labute approximate surface area is 300 Å². The molecular weight excluding hydrogens is 814 g/mol. The van der Waals surface area contributed by atoms with Crippen molar-refractivity contribution in [1.82, 2.24) is 0 Å². The molecule has 5 heteroatoms. The van der Waals surface area contributed by atoms with Crippen LogP contribution >= 0.6 is 48.9 Å². The molecule has 0 saturated carbocycles. The molecule has 0 saturated heterocycles. The molecule has 238 valence electrons. The number of rotatable bonds is 4. The summed E-state index contributed by atoms with van der Waals surface area (Å²) in [5.41, 5.74) is 12.5. The molecule has 2 aliphatic rings. The van der Waals surface area contributed by atoms with Gasteiger partial charge in [-0.3, -0.25) is 0 Å². The van der Waals surface area contributed by atoms with Gasteiger partial charge in [0.15, 0.2) is 0 Å². The van der Waals surface area contributed by atoms with E-state index in [4.69, 9.17) is 17.0 Å². The van der Waals surface area contributed by atoms with Gasteiger partial charge in [-0.1, -0.05) is 0 Å². The van der Waals surface area contributed by atoms with Gasteiger partial charge < -0.3 is 0 Å². The van der Waals surface area contributed by atoms with Crippen LogP contribution in [0, 0.1) is 13.8 Å². The minimum atomic E-state index is -5.41. The van der Waals surface area contributed by atoms with E-state index in [0.29, 0.717) is 0 Å². The number of fused-ring (bicyclic) bond motifs is 3. The molecule has 0 N–H and O–H groups in total. The average molecular weight is 857 g/mol. The Bertz CT molecular complexity index is 1870. The van der Waals surface area contributed by atoms with Crippen LogP contribution in [0.3, 0.4) is 0 Å².